The second-order valence-electron chi connectivity index (χ2n) is 7.11. The number of nitrogens with zero attached hydrogens (tertiary/aromatic N) is 1. The van der Waals surface area contributed by atoms with E-state index in [2.05, 4.69) is 20.9 Å². The summed E-state index contributed by atoms with van der Waals surface area (Å²) in [5, 5.41) is 9.47. The van der Waals surface area contributed by atoms with Gasteiger partial charge in [-0.2, -0.15) is 0 Å². The van der Waals surface area contributed by atoms with Gasteiger partial charge in [-0.1, -0.05) is 0 Å². The largest absolute Gasteiger partial charge is 0.497 e. The molecule has 3 rings (SSSR count). The van der Waals surface area contributed by atoms with E-state index in [4.69, 9.17) is 14.2 Å². The SMILES string of the molecule is CCOc1ccc(C(=O)NC(C)c2cc(OC)cc(OC)c2)cc1CNC1=NCCN1. The summed E-state index contributed by atoms with van der Waals surface area (Å²) in [5.74, 6) is 2.69. The molecule has 0 spiro atoms. The average molecular weight is 427 g/mol. The molecular weight excluding hydrogens is 396 g/mol. The molecule has 2 aromatic rings. The Morgan fingerprint density at radius 1 is 1.16 bits per heavy atom. The number of amides is 1. The van der Waals surface area contributed by atoms with Crippen LogP contribution in [0.25, 0.3) is 0 Å². The van der Waals surface area contributed by atoms with Crippen LogP contribution in [0.15, 0.2) is 41.4 Å². The number of ether oxygens (including phenoxy) is 3. The Kier molecular flexibility index (Phi) is 7.59. The lowest BCUT2D eigenvalue weighted by Gasteiger charge is -2.18. The highest BCUT2D eigenvalue weighted by Gasteiger charge is 2.16. The number of hydrogen-bond donors (Lipinski definition) is 3. The second-order valence-corrected chi connectivity index (χ2v) is 7.11. The molecule has 1 amide bonds. The summed E-state index contributed by atoms with van der Waals surface area (Å²) in [5.41, 5.74) is 2.34. The van der Waals surface area contributed by atoms with E-state index in [0.717, 1.165) is 35.9 Å². The normalized spacial score (nSPS) is 13.6. The van der Waals surface area contributed by atoms with E-state index in [1.165, 1.54) is 0 Å². The number of carbonyl (C=O) groups excluding carboxylic acids is 1. The summed E-state index contributed by atoms with van der Waals surface area (Å²) in [4.78, 5) is 17.3. The van der Waals surface area contributed by atoms with E-state index in [1.807, 2.05) is 38.1 Å². The average Bonchev–Trinajstić information content (AvgIpc) is 3.31. The number of nitrogens with one attached hydrogen (secondary N) is 3. The highest BCUT2D eigenvalue weighted by atomic mass is 16.5. The van der Waals surface area contributed by atoms with Gasteiger partial charge < -0.3 is 30.2 Å². The Morgan fingerprint density at radius 3 is 2.52 bits per heavy atom. The van der Waals surface area contributed by atoms with E-state index in [0.29, 0.717) is 30.2 Å². The first-order chi connectivity index (χ1) is 15.0. The molecule has 1 heterocycles. The van der Waals surface area contributed by atoms with Gasteiger partial charge >= 0.3 is 0 Å². The van der Waals surface area contributed by atoms with Crippen molar-refractivity contribution < 1.29 is 19.0 Å². The van der Waals surface area contributed by atoms with Gasteiger partial charge in [-0.3, -0.25) is 9.79 Å². The van der Waals surface area contributed by atoms with Crippen LogP contribution in [0.2, 0.25) is 0 Å². The van der Waals surface area contributed by atoms with Crippen molar-refractivity contribution in [1.29, 1.82) is 0 Å². The Labute approximate surface area is 183 Å². The van der Waals surface area contributed by atoms with E-state index < -0.39 is 0 Å². The standard InChI is InChI=1S/C23H30N4O4/c1-5-31-21-7-6-16(10-18(21)14-26-23-24-8-9-25-23)22(28)27-15(2)17-11-19(29-3)13-20(12-17)30-4/h6-7,10-13,15H,5,8-9,14H2,1-4H3,(H,27,28)(H2,24,25,26). The molecule has 0 fully saturated rings. The number of rotatable bonds is 9. The molecule has 0 saturated heterocycles. The molecule has 8 heteroatoms. The molecule has 0 saturated carbocycles. The smallest absolute Gasteiger partial charge is 0.251 e. The molecule has 1 atom stereocenters. The van der Waals surface area contributed by atoms with Crippen LogP contribution in [0, 0.1) is 0 Å². The Bertz CT molecular complexity index is 923. The maximum Gasteiger partial charge on any atom is 0.251 e. The molecule has 0 bridgehead atoms. The van der Waals surface area contributed by atoms with Crippen LogP contribution >= 0.6 is 0 Å². The fourth-order valence-electron chi connectivity index (χ4n) is 3.29. The number of aliphatic imine (C=N–C) groups is 1. The van der Waals surface area contributed by atoms with Crippen LogP contribution in [-0.2, 0) is 6.54 Å². The van der Waals surface area contributed by atoms with Crippen molar-refractivity contribution in [1.82, 2.24) is 16.0 Å². The van der Waals surface area contributed by atoms with Crippen LogP contribution in [0.4, 0.5) is 0 Å². The Balaban J connectivity index is 1.75. The number of methoxy groups -OCH3 is 2. The lowest BCUT2D eigenvalue weighted by atomic mass is 10.1. The zero-order valence-corrected chi connectivity index (χ0v) is 18.5. The van der Waals surface area contributed by atoms with Gasteiger partial charge in [-0.25, -0.2) is 0 Å². The predicted molar refractivity (Wildman–Crippen MR) is 120 cm³/mol. The van der Waals surface area contributed by atoms with Crippen molar-refractivity contribution in [3.05, 3.63) is 53.1 Å². The molecule has 8 nitrogen and oxygen atoms in total. The molecule has 0 aromatic heterocycles. The summed E-state index contributed by atoms with van der Waals surface area (Å²) in [6.07, 6.45) is 0. The molecule has 31 heavy (non-hydrogen) atoms. The molecule has 1 aliphatic heterocycles. The van der Waals surface area contributed by atoms with Crippen molar-refractivity contribution in [2.24, 2.45) is 4.99 Å². The summed E-state index contributed by atoms with van der Waals surface area (Å²) in [7, 11) is 3.20. The fourth-order valence-corrected chi connectivity index (χ4v) is 3.29. The molecule has 166 valence electrons. The van der Waals surface area contributed by atoms with Gasteiger partial charge in [0, 0.05) is 30.3 Å². The minimum absolute atomic E-state index is 0.171. The van der Waals surface area contributed by atoms with Crippen LogP contribution in [0.3, 0.4) is 0 Å². The van der Waals surface area contributed by atoms with E-state index in [1.54, 1.807) is 26.4 Å². The number of hydrogen-bond acceptors (Lipinski definition) is 7. The molecule has 1 unspecified atom stereocenters. The summed E-state index contributed by atoms with van der Waals surface area (Å²) >= 11 is 0. The predicted octanol–water partition coefficient (Wildman–Crippen LogP) is 2.64. The van der Waals surface area contributed by atoms with E-state index in [9.17, 15) is 4.79 Å². The molecule has 1 aliphatic rings. The summed E-state index contributed by atoms with van der Waals surface area (Å²) in [6.45, 7) is 6.50. The van der Waals surface area contributed by atoms with Gasteiger partial charge in [-0.05, 0) is 49.7 Å². The molecule has 2 aromatic carbocycles. The Hall–Kier alpha value is -3.42. The molecule has 3 N–H and O–H groups in total. The van der Waals surface area contributed by atoms with E-state index >= 15 is 0 Å². The topological polar surface area (TPSA) is 93.2 Å². The molecule has 0 aliphatic carbocycles. The fraction of sp³-hybridized carbons (Fsp3) is 0.391. The van der Waals surface area contributed by atoms with Gasteiger partial charge in [0.05, 0.1) is 33.4 Å². The molecular formula is C23H30N4O4. The van der Waals surface area contributed by atoms with Gasteiger partial charge in [0.1, 0.15) is 17.2 Å². The van der Waals surface area contributed by atoms with Crippen LogP contribution in [0.1, 0.15) is 41.4 Å². The van der Waals surface area contributed by atoms with Crippen molar-refractivity contribution >= 4 is 11.9 Å². The monoisotopic (exact) mass is 426 g/mol. The highest BCUT2D eigenvalue weighted by Crippen LogP contribution is 2.27. The number of benzene rings is 2. The van der Waals surface area contributed by atoms with Gasteiger partial charge in [0.15, 0.2) is 5.96 Å². The maximum absolute atomic E-state index is 12.9. The van der Waals surface area contributed by atoms with E-state index in [-0.39, 0.29) is 11.9 Å². The quantitative estimate of drug-likeness (QED) is 0.571. The zero-order chi connectivity index (χ0) is 22.2. The maximum atomic E-state index is 12.9. The third-order valence-electron chi connectivity index (χ3n) is 4.96. The van der Waals surface area contributed by atoms with Crippen molar-refractivity contribution in [3.8, 4) is 17.2 Å². The lowest BCUT2D eigenvalue weighted by Crippen LogP contribution is -2.33. The van der Waals surface area contributed by atoms with Crippen LogP contribution in [-0.4, -0.2) is 45.8 Å². The zero-order valence-electron chi connectivity index (χ0n) is 18.5. The van der Waals surface area contributed by atoms with Crippen LogP contribution in [0.5, 0.6) is 17.2 Å². The minimum atomic E-state index is -0.235. The minimum Gasteiger partial charge on any atom is -0.497 e. The number of guanidine groups is 1. The number of carbonyl (C=O) groups is 1. The summed E-state index contributed by atoms with van der Waals surface area (Å²) < 4.78 is 16.4. The summed E-state index contributed by atoms with van der Waals surface area (Å²) in [6, 6.07) is 10.8. The third kappa shape index (κ3) is 5.81. The Morgan fingerprint density at radius 2 is 1.90 bits per heavy atom. The second kappa shape index (κ2) is 10.6. The van der Waals surface area contributed by atoms with Crippen molar-refractivity contribution in [2.45, 2.75) is 26.4 Å². The van der Waals surface area contributed by atoms with Gasteiger partial charge in [0.25, 0.3) is 5.91 Å². The first-order valence-electron chi connectivity index (χ1n) is 10.4. The van der Waals surface area contributed by atoms with Crippen LogP contribution < -0.4 is 30.2 Å². The highest BCUT2D eigenvalue weighted by molar-refractivity contribution is 5.95. The first kappa shape index (κ1) is 22.3. The van der Waals surface area contributed by atoms with Gasteiger partial charge in [-0.15, -0.1) is 0 Å². The first-order valence-corrected chi connectivity index (χ1v) is 10.4. The lowest BCUT2D eigenvalue weighted by molar-refractivity contribution is 0.0939. The molecule has 0 radical (unpaired) electrons. The van der Waals surface area contributed by atoms with Crippen molar-refractivity contribution in [3.63, 3.8) is 0 Å². The van der Waals surface area contributed by atoms with Crippen molar-refractivity contribution in [2.75, 3.05) is 33.9 Å². The third-order valence-corrected chi connectivity index (χ3v) is 4.96. The van der Waals surface area contributed by atoms with Gasteiger partial charge in [0.2, 0.25) is 0 Å².